The maximum Gasteiger partial charge on any atom is 0.243 e. The fourth-order valence-electron chi connectivity index (χ4n) is 2.73. The minimum Gasteiger partial charge on any atom is -0.395 e. The summed E-state index contributed by atoms with van der Waals surface area (Å²) >= 11 is 0. The molecular weight excluding hydrogens is 378 g/mol. The molecule has 7 heteroatoms. The van der Waals surface area contributed by atoms with Gasteiger partial charge in [0, 0.05) is 20.2 Å². The van der Waals surface area contributed by atoms with E-state index < -0.39 is 21.9 Å². The van der Waals surface area contributed by atoms with E-state index in [1.54, 1.807) is 38.1 Å². The smallest absolute Gasteiger partial charge is 0.243 e. The summed E-state index contributed by atoms with van der Waals surface area (Å²) in [5, 5.41) is 9.48. The van der Waals surface area contributed by atoms with E-state index in [9.17, 15) is 13.5 Å². The van der Waals surface area contributed by atoms with Gasteiger partial charge in [-0.25, -0.2) is 8.42 Å². The van der Waals surface area contributed by atoms with E-state index in [0.29, 0.717) is 0 Å². The average Bonchev–Trinajstić information content (AvgIpc) is 2.68. The summed E-state index contributed by atoms with van der Waals surface area (Å²) in [4.78, 5) is 0.185. The molecule has 28 heavy (non-hydrogen) atoms. The van der Waals surface area contributed by atoms with Gasteiger partial charge in [0.25, 0.3) is 0 Å². The molecule has 0 spiro atoms. The largest absolute Gasteiger partial charge is 0.395 e. The summed E-state index contributed by atoms with van der Waals surface area (Å²) in [5.41, 5.74) is 1.80. The van der Waals surface area contributed by atoms with E-state index in [2.05, 4.69) is 0 Å². The molecule has 0 aliphatic carbocycles. The van der Waals surface area contributed by atoms with Crippen LogP contribution in [0.15, 0.2) is 59.5 Å². The number of methoxy groups -OCH3 is 1. The van der Waals surface area contributed by atoms with Gasteiger partial charge >= 0.3 is 0 Å². The number of hydrogen-bond acceptors (Lipinski definition) is 5. The van der Waals surface area contributed by atoms with Crippen LogP contribution in [0.25, 0.3) is 0 Å². The summed E-state index contributed by atoms with van der Waals surface area (Å²) in [6, 6.07) is 16.0. The maximum atomic E-state index is 13.2. The highest BCUT2D eigenvalue weighted by Gasteiger charge is 2.31. The van der Waals surface area contributed by atoms with Gasteiger partial charge in [0.2, 0.25) is 10.0 Å². The van der Waals surface area contributed by atoms with E-state index in [0.717, 1.165) is 11.1 Å². The quantitative estimate of drug-likeness (QED) is 0.613. The third-order valence-corrected chi connectivity index (χ3v) is 6.35. The van der Waals surface area contributed by atoms with Crippen LogP contribution in [-0.2, 0) is 19.5 Å². The van der Waals surface area contributed by atoms with Crippen LogP contribution in [0.1, 0.15) is 31.1 Å². The van der Waals surface area contributed by atoms with E-state index in [1.807, 2.05) is 37.3 Å². The molecule has 6 nitrogen and oxygen atoms in total. The zero-order valence-electron chi connectivity index (χ0n) is 16.8. The lowest BCUT2D eigenvalue weighted by atomic mass is 10.1. The molecule has 2 aromatic carbocycles. The summed E-state index contributed by atoms with van der Waals surface area (Å²) in [5.74, 6) is -0.904. The van der Waals surface area contributed by atoms with Crippen molar-refractivity contribution in [1.29, 1.82) is 0 Å². The number of aryl methyl sites for hydroxylation is 1. The molecule has 0 aliphatic heterocycles. The zero-order valence-corrected chi connectivity index (χ0v) is 17.6. The first-order valence-electron chi connectivity index (χ1n) is 9.15. The second-order valence-corrected chi connectivity index (χ2v) is 8.96. The molecule has 0 unspecified atom stereocenters. The molecule has 1 atom stereocenters. The number of aliphatic hydroxyl groups excluding tert-OH is 1. The SMILES string of the molecule is COC(C)(C)O[C@@H](CN(CCO)S(=O)(=O)c1ccc(C)cc1)c1ccccc1. The van der Waals surface area contributed by atoms with Gasteiger partial charge in [0.15, 0.2) is 5.79 Å². The predicted octanol–water partition coefficient (Wildman–Crippen LogP) is 3.12. The first-order valence-corrected chi connectivity index (χ1v) is 10.6. The van der Waals surface area contributed by atoms with Gasteiger partial charge in [-0.2, -0.15) is 4.31 Å². The third kappa shape index (κ3) is 5.86. The molecule has 154 valence electrons. The monoisotopic (exact) mass is 407 g/mol. The van der Waals surface area contributed by atoms with Gasteiger partial charge in [-0.3, -0.25) is 0 Å². The van der Waals surface area contributed by atoms with E-state index in [4.69, 9.17) is 9.47 Å². The minimum absolute atomic E-state index is 0.0314. The number of rotatable bonds is 10. The van der Waals surface area contributed by atoms with Crippen LogP contribution in [-0.4, -0.2) is 50.4 Å². The van der Waals surface area contributed by atoms with Crippen molar-refractivity contribution in [3.63, 3.8) is 0 Å². The summed E-state index contributed by atoms with van der Waals surface area (Å²) < 4.78 is 39.0. The average molecular weight is 408 g/mol. The highest BCUT2D eigenvalue weighted by Crippen LogP contribution is 2.28. The van der Waals surface area contributed by atoms with Gasteiger partial charge in [0.1, 0.15) is 0 Å². The lowest BCUT2D eigenvalue weighted by Crippen LogP contribution is -2.40. The van der Waals surface area contributed by atoms with Crippen molar-refractivity contribution < 1.29 is 23.0 Å². The molecule has 0 saturated heterocycles. The molecule has 2 aromatic rings. The van der Waals surface area contributed by atoms with Crippen LogP contribution < -0.4 is 0 Å². The number of hydrogen-bond donors (Lipinski definition) is 1. The Morgan fingerprint density at radius 1 is 1.07 bits per heavy atom. The Morgan fingerprint density at radius 2 is 1.68 bits per heavy atom. The lowest BCUT2D eigenvalue weighted by Gasteiger charge is -2.33. The second-order valence-electron chi connectivity index (χ2n) is 7.02. The molecule has 0 amide bonds. The molecular formula is C21H29NO5S. The van der Waals surface area contributed by atoms with Gasteiger partial charge in [0.05, 0.1) is 17.6 Å². The van der Waals surface area contributed by atoms with Crippen molar-refractivity contribution >= 4 is 10.0 Å². The first kappa shape index (κ1) is 22.5. The fourth-order valence-corrected chi connectivity index (χ4v) is 4.17. The van der Waals surface area contributed by atoms with Crippen molar-refractivity contribution in [2.24, 2.45) is 0 Å². The van der Waals surface area contributed by atoms with Crippen molar-refractivity contribution in [2.45, 2.75) is 37.6 Å². The van der Waals surface area contributed by atoms with Crippen LogP contribution in [0.5, 0.6) is 0 Å². The lowest BCUT2D eigenvalue weighted by molar-refractivity contribution is -0.226. The Bertz CT molecular complexity index is 835. The summed E-state index contributed by atoms with van der Waals surface area (Å²) in [6.07, 6.45) is -0.567. The van der Waals surface area contributed by atoms with Crippen molar-refractivity contribution in [2.75, 3.05) is 26.8 Å². The number of nitrogens with zero attached hydrogens (tertiary/aromatic N) is 1. The second kappa shape index (κ2) is 9.62. The standard InChI is InChI=1S/C21H29NO5S/c1-17-10-12-19(13-11-17)28(24,25)22(14-15-23)16-20(27-21(2,3)26-4)18-8-6-5-7-9-18/h5-13,20,23H,14-16H2,1-4H3/t20-/m0/s1. The molecule has 1 N–H and O–H groups in total. The normalized spacial score (nSPS) is 13.6. The van der Waals surface area contributed by atoms with Crippen LogP contribution in [0.4, 0.5) is 0 Å². The van der Waals surface area contributed by atoms with Gasteiger partial charge in [-0.15, -0.1) is 0 Å². The minimum atomic E-state index is -3.79. The van der Waals surface area contributed by atoms with Crippen molar-refractivity contribution in [1.82, 2.24) is 4.31 Å². The Labute approximate surface area is 167 Å². The molecule has 0 heterocycles. The molecule has 0 aromatic heterocycles. The van der Waals surface area contributed by atoms with E-state index in [-0.39, 0.29) is 24.6 Å². The van der Waals surface area contributed by atoms with E-state index in [1.165, 1.54) is 11.4 Å². The van der Waals surface area contributed by atoms with Crippen LogP contribution >= 0.6 is 0 Å². The molecule has 0 bridgehead atoms. The number of ether oxygens (including phenoxy) is 2. The van der Waals surface area contributed by atoms with Crippen LogP contribution in [0, 0.1) is 6.92 Å². The van der Waals surface area contributed by atoms with Crippen LogP contribution in [0.2, 0.25) is 0 Å². The topological polar surface area (TPSA) is 76.1 Å². The predicted molar refractivity (Wildman–Crippen MR) is 108 cm³/mol. The summed E-state index contributed by atoms with van der Waals surface area (Å²) in [7, 11) is -2.25. The van der Waals surface area contributed by atoms with Crippen LogP contribution in [0.3, 0.4) is 0 Å². The van der Waals surface area contributed by atoms with Crippen molar-refractivity contribution in [3.8, 4) is 0 Å². The Balaban J connectivity index is 2.37. The zero-order chi connectivity index (χ0) is 20.8. The highest BCUT2D eigenvalue weighted by atomic mass is 32.2. The number of aliphatic hydroxyl groups is 1. The number of benzene rings is 2. The van der Waals surface area contributed by atoms with E-state index >= 15 is 0 Å². The number of sulfonamides is 1. The molecule has 0 saturated carbocycles. The fraction of sp³-hybridized carbons (Fsp3) is 0.429. The van der Waals surface area contributed by atoms with Crippen molar-refractivity contribution in [3.05, 3.63) is 65.7 Å². The molecule has 0 aliphatic rings. The maximum absolute atomic E-state index is 13.2. The Kier molecular flexibility index (Phi) is 7.74. The molecule has 0 radical (unpaired) electrons. The van der Waals surface area contributed by atoms with Gasteiger partial charge in [-0.05, 0) is 38.5 Å². The van der Waals surface area contributed by atoms with Gasteiger partial charge in [-0.1, -0.05) is 48.0 Å². The molecule has 0 fully saturated rings. The molecule has 2 rings (SSSR count). The first-order chi connectivity index (χ1) is 13.2. The third-order valence-electron chi connectivity index (χ3n) is 4.47. The highest BCUT2D eigenvalue weighted by molar-refractivity contribution is 7.89. The summed E-state index contributed by atoms with van der Waals surface area (Å²) in [6.45, 7) is 5.17. The Morgan fingerprint density at radius 3 is 2.21 bits per heavy atom. The Hall–Kier alpha value is -1.77. The van der Waals surface area contributed by atoms with Gasteiger partial charge < -0.3 is 14.6 Å².